The summed E-state index contributed by atoms with van der Waals surface area (Å²) >= 11 is 0. The van der Waals surface area contributed by atoms with E-state index in [0.29, 0.717) is 18.0 Å². The Hall–Kier alpha value is -4.13. The number of imide groups is 1. The summed E-state index contributed by atoms with van der Waals surface area (Å²) in [5, 5.41) is 12.4. The monoisotopic (exact) mass is 402 g/mol. The van der Waals surface area contributed by atoms with Gasteiger partial charge in [0.25, 0.3) is 17.7 Å². The first kappa shape index (κ1) is 19.2. The van der Waals surface area contributed by atoms with Gasteiger partial charge in [0.05, 0.1) is 29.1 Å². The summed E-state index contributed by atoms with van der Waals surface area (Å²) in [7, 11) is 0. The molecule has 0 atom stereocenters. The number of aromatic hydroxyl groups is 1. The first-order valence-corrected chi connectivity index (χ1v) is 9.34. The molecule has 0 saturated carbocycles. The average Bonchev–Trinajstić information content (AvgIpc) is 3.00. The molecule has 1 heterocycles. The van der Waals surface area contributed by atoms with E-state index in [2.05, 4.69) is 5.32 Å². The van der Waals surface area contributed by atoms with Gasteiger partial charge in [-0.2, -0.15) is 0 Å². The van der Waals surface area contributed by atoms with Crippen molar-refractivity contribution in [2.45, 2.75) is 6.92 Å². The Labute approximate surface area is 172 Å². The number of phenolic OH excluding ortho intramolecular Hbond substituents is 1. The maximum Gasteiger partial charge on any atom is 0.266 e. The number of fused-ring (bicyclic) bond motifs is 1. The van der Waals surface area contributed by atoms with Gasteiger partial charge in [-0.05, 0) is 61.5 Å². The van der Waals surface area contributed by atoms with Gasteiger partial charge in [0, 0.05) is 5.56 Å². The lowest BCUT2D eigenvalue weighted by molar-refractivity contribution is 0.0925. The molecule has 0 aliphatic carbocycles. The van der Waals surface area contributed by atoms with Crippen LogP contribution in [0.5, 0.6) is 11.5 Å². The fourth-order valence-electron chi connectivity index (χ4n) is 3.25. The van der Waals surface area contributed by atoms with Gasteiger partial charge in [-0.3, -0.25) is 14.4 Å². The highest BCUT2D eigenvalue weighted by Crippen LogP contribution is 2.30. The molecule has 4 rings (SSSR count). The van der Waals surface area contributed by atoms with Crippen LogP contribution in [0.4, 0.5) is 11.4 Å². The molecular weight excluding hydrogens is 384 g/mol. The highest BCUT2D eigenvalue weighted by molar-refractivity contribution is 6.34. The molecule has 1 aliphatic rings. The Bertz CT molecular complexity index is 1150. The third-order valence-electron chi connectivity index (χ3n) is 4.71. The van der Waals surface area contributed by atoms with Crippen molar-refractivity contribution >= 4 is 29.1 Å². The molecule has 2 N–H and O–H groups in total. The molecule has 3 aromatic rings. The van der Waals surface area contributed by atoms with Crippen LogP contribution in [0.3, 0.4) is 0 Å². The van der Waals surface area contributed by atoms with Crippen LogP contribution < -0.4 is 15.0 Å². The first-order valence-electron chi connectivity index (χ1n) is 9.34. The van der Waals surface area contributed by atoms with Crippen molar-refractivity contribution in [3.05, 3.63) is 83.4 Å². The summed E-state index contributed by atoms with van der Waals surface area (Å²) in [5.74, 6) is -0.886. The molecule has 0 radical (unpaired) electrons. The van der Waals surface area contributed by atoms with E-state index in [0.717, 1.165) is 4.90 Å². The summed E-state index contributed by atoms with van der Waals surface area (Å²) in [6, 6.07) is 17.3. The summed E-state index contributed by atoms with van der Waals surface area (Å²) in [6.07, 6.45) is 0. The van der Waals surface area contributed by atoms with E-state index < -0.39 is 17.7 Å². The molecule has 0 bridgehead atoms. The van der Waals surface area contributed by atoms with Crippen LogP contribution in [0, 0.1) is 0 Å². The predicted octanol–water partition coefficient (Wildman–Crippen LogP) is 3.84. The zero-order valence-corrected chi connectivity index (χ0v) is 16.1. The van der Waals surface area contributed by atoms with Gasteiger partial charge < -0.3 is 15.2 Å². The molecule has 3 aromatic carbocycles. The SMILES string of the molecule is CCOc1ccc(N2C(=O)c3ccc(C(=O)Nc4ccccc4O)cc3C2=O)cc1. The number of rotatable bonds is 5. The van der Waals surface area contributed by atoms with Gasteiger partial charge in [0.15, 0.2) is 0 Å². The Morgan fingerprint density at radius 3 is 2.37 bits per heavy atom. The maximum atomic E-state index is 12.9. The third-order valence-corrected chi connectivity index (χ3v) is 4.71. The fraction of sp³-hybridized carbons (Fsp3) is 0.0870. The number of carbonyl (C=O) groups is 3. The van der Waals surface area contributed by atoms with E-state index in [-0.39, 0.29) is 28.1 Å². The smallest absolute Gasteiger partial charge is 0.266 e. The molecule has 0 unspecified atom stereocenters. The van der Waals surface area contributed by atoms with E-state index >= 15 is 0 Å². The van der Waals surface area contributed by atoms with E-state index in [9.17, 15) is 19.5 Å². The van der Waals surface area contributed by atoms with Crippen molar-refractivity contribution in [3.8, 4) is 11.5 Å². The van der Waals surface area contributed by atoms with E-state index in [1.807, 2.05) is 6.92 Å². The van der Waals surface area contributed by atoms with Crippen molar-refractivity contribution < 1.29 is 24.2 Å². The second-order valence-electron chi connectivity index (χ2n) is 6.60. The van der Waals surface area contributed by atoms with Crippen molar-refractivity contribution in [1.29, 1.82) is 0 Å². The number of hydrogen-bond acceptors (Lipinski definition) is 5. The number of benzene rings is 3. The van der Waals surface area contributed by atoms with Crippen molar-refractivity contribution in [1.82, 2.24) is 0 Å². The Morgan fingerprint density at radius 1 is 0.967 bits per heavy atom. The number of hydrogen-bond donors (Lipinski definition) is 2. The van der Waals surface area contributed by atoms with E-state index in [1.165, 1.54) is 24.3 Å². The molecular formula is C23H18N2O5. The summed E-state index contributed by atoms with van der Waals surface area (Å²) in [4.78, 5) is 39.3. The molecule has 0 aromatic heterocycles. The molecule has 0 fully saturated rings. The average molecular weight is 402 g/mol. The molecule has 1 aliphatic heterocycles. The van der Waals surface area contributed by atoms with Crippen LogP contribution in [0.2, 0.25) is 0 Å². The summed E-state index contributed by atoms with van der Waals surface area (Å²) in [6.45, 7) is 2.38. The lowest BCUT2D eigenvalue weighted by Crippen LogP contribution is -2.29. The predicted molar refractivity (Wildman–Crippen MR) is 111 cm³/mol. The molecule has 7 nitrogen and oxygen atoms in total. The molecule has 150 valence electrons. The second kappa shape index (κ2) is 7.71. The highest BCUT2D eigenvalue weighted by Gasteiger charge is 2.37. The van der Waals surface area contributed by atoms with Gasteiger partial charge in [0.2, 0.25) is 0 Å². The second-order valence-corrected chi connectivity index (χ2v) is 6.60. The number of para-hydroxylation sites is 2. The van der Waals surface area contributed by atoms with E-state index in [1.54, 1.807) is 42.5 Å². The van der Waals surface area contributed by atoms with Crippen LogP contribution in [-0.2, 0) is 0 Å². The Morgan fingerprint density at radius 2 is 1.67 bits per heavy atom. The molecule has 0 spiro atoms. The van der Waals surface area contributed by atoms with Gasteiger partial charge in [-0.25, -0.2) is 4.90 Å². The summed E-state index contributed by atoms with van der Waals surface area (Å²) in [5.41, 5.74) is 1.25. The van der Waals surface area contributed by atoms with Crippen LogP contribution in [0.1, 0.15) is 38.0 Å². The number of phenols is 1. The number of nitrogens with zero attached hydrogens (tertiary/aromatic N) is 1. The first-order chi connectivity index (χ1) is 14.5. The molecule has 0 saturated heterocycles. The Balaban J connectivity index is 1.60. The molecule has 3 amide bonds. The number of carbonyl (C=O) groups excluding carboxylic acids is 3. The number of amides is 3. The largest absolute Gasteiger partial charge is 0.506 e. The third kappa shape index (κ3) is 3.37. The zero-order valence-electron chi connectivity index (χ0n) is 16.1. The minimum absolute atomic E-state index is 0.0695. The van der Waals surface area contributed by atoms with Gasteiger partial charge in [-0.15, -0.1) is 0 Å². The van der Waals surface area contributed by atoms with Crippen LogP contribution >= 0.6 is 0 Å². The van der Waals surface area contributed by atoms with Crippen molar-refractivity contribution in [2.24, 2.45) is 0 Å². The number of nitrogens with one attached hydrogen (secondary N) is 1. The minimum atomic E-state index is -0.503. The Kier molecular flexibility index (Phi) is 4.93. The topological polar surface area (TPSA) is 95.9 Å². The van der Waals surface area contributed by atoms with Gasteiger partial charge in [0.1, 0.15) is 11.5 Å². The quantitative estimate of drug-likeness (QED) is 0.499. The fourth-order valence-corrected chi connectivity index (χ4v) is 3.25. The number of ether oxygens (including phenoxy) is 1. The van der Waals surface area contributed by atoms with Crippen LogP contribution in [0.15, 0.2) is 66.7 Å². The zero-order chi connectivity index (χ0) is 21.3. The molecule has 30 heavy (non-hydrogen) atoms. The lowest BCUT2D eigenvalue weighted by Gasteiger charge is -2.14. The highest BCUT2D eigenvalue weighted by atomic mass is 16.5. The minimum Gasteiger partial charge on any atom is -0.506 e. The van der Waals surface area contributed by atoms with Gasteiger partial charge in [-0.1, -0.05) is 12.1 Å². The van der Waals surface area contributed by atoms with Crippen molar-refractivity contribution in [2.75, 3.05) is 16.8 Å². The van der Waals surface area contributed by atoms with Crippen LogP contribution in [-0.4, -0.2) is 29.4 Å². The van der Waals surface area contributed by atoms with Crippen LogP contribution in [0.25, 0.3) is 0 Å². The maximum absolute atomic E-state index is 12.9. The molecule has 7 heteroatoms. The number of anilines is 2. The lowest BCUT2D eigenvalue weighted by atomic mass is 10.1. The summed E-state index contributed by atoms with van der Waals surface area (Å²) < 4.78 is 5.39. The standard InChI is InChI=1S/C23H18N2O5/c1-2-30-16-10-8-15(9-11-16)25-22(28)17-12-7-14(13-18(17)23(25)29)21(27)24-19-5-3-4-6-20(19)26/h3-13,26H,2H2,1H3,(H,24,27). The van der Waals surface area contributed by atoms with Gasteiger partial charge >= 0.3 is 0 Å². The normalized spacial score (nSPS) is 12.6. The van der Waals surface area contributed by atoms with E-state index in [4.69, 9.17) is 4.74 Å². The van der Waals surface area contributed by atoms with Crippen molar-refractivity contribution in [3.63, 3.8) is 0 Å².